The molecule has 34 heavy (non-hydrogen) atoms. The molecule has 0 radical (unpaired) electrons. The molecule has 2 saturated heterocycles. The van der Waals surface area contributed by atoms with Gasteiger partial charge < -0.3 is 24.6 Å². The van der Waals surface area contributed by atoms with Crippen molar-refractivity contribution in [3.63, 3.8) is 0 Å². The molecule has 0 bridgehead atoms. The van der Waals surface area contributed by atoms with Gasteiger partial charge in [0.1, 0.15) is 5.60 Å². The summed E-state index contributed by atoms with van der Waals surface area (Å²) in [6, 6.07) is 6.39. The second-order valence-corrected chi connectivity index (χ2v) is 10.7. The predicted molar refractivity (Wildman–Crippen MR) is 135 cm³/mol. The van der Waals surface area contributed by atoms with Gasteiger partial charge in [0, 0.05) is 65.2 Å². The van der Waals surface area contributed by atoms with Gasteiger partial charge in [-0.3, -0.25) is 9.69 Å². The standard InChI is InChI=1S/C25H39ClN4O4/c1-25(2,3)34-24(32)29-12-9-20(10-13-29)30-16-19(17-30)27-18-7-8-21(22(26)15-18)23(31)28(4)11-6-14-33-5/h7-8,15,19-20,27H,6,9-14,16-17H2,1-5H3. The van der Waals surface area contributed by atoms with Crippen LogP contribution in [0.4, 0.5) is 10.5 Å². The number of rotatable bonds is 8. The maximum absolute atomic E-state index is 12.7. The lowest BCUT2D eigenvalue weighted by Crippen LogP contribution is -2.60. The summed E-state index contributed by atoms with van der Waals surface area (Å²) in [6.07, 6.45) is 2.50. The molecule has 1 N–H and O–H groups in total. The van der Waals surface area contributed by atoms with Crippen molar-refractivity contribution in [3.05, 3.63) is 28.8 Å². The number of anilines is 1. The van der Waals surface area contributed by atoms with Crippen molar-refractivity contribution < 1.29 is 19.1 Å². The molecule has 2 aliphatic rings. The molecule has 0 aromatic heterocycles. The Labute approximate surface area is 208 Å². The van der Waals surface area contributed by atoms with Crippen LogP contribution in [0.15, 0.2) is 18.2 Å². The van der Waals surface area contributed by atoms with Crippen LogP contribution in [-0.4, -0.2) is 97.9 Å². The number of nitrogens with zero attached hydrogens (tertiary/aromatic N) is 3. The lowest BCUT2D eigenvalue weighted by molar-refractivity contribution is 0.00749. The van der Waals surface area contributed by atoms with E-state index in [1.807, 2.05) is 37.8 Å². The lowest BCUT2D eigenvalue weighted by atomic mass is 9.97. The Morgan fingerprint density at radius 1 is 1.21 bits per heavy atom. The van der Waals surface area contributed by atoms with E-state index in [2.05, 4.69) is 10.2 Å². The minimum Gasteiger partial charge on any atom is -0.444 e. The minimum atomic E-state index is -0.460. The molecule has 0 spiro atoms. The first-order valence-electron chi connectivity index (χ1n) is 12.1. The smallest absolute Gasteiger partial charge is 0.410 e. The zero-order chi connectivity index (χ0) is 24.9. The van der Waals surface area contributed by atoms with Gasteiger partial charge in [0.2, 0.25) is 0 Å². The SMILES string of the molecule is COCCCN(C)C(=O)c1ccc(NC2CN(C3CCN(C(=O)OC(C)(C)C)CC3)C2)cc1Cl. The molecule has 0 aliphatic carbocycles. The molecule has 0 atom stereocenters. The van der Waals surface area contributed by atoms with Crippen LogP contribution in [0.2, 0.25) is 5.02 Å². The molecule has 1 aromatic carbocycles. The van der Waals surface area contributed by atoms with E-state index in [0.717, 1.165) is 51.1 Å². The van der Waals surface area contributed by atoms with Gasteiger partial charge in [0.15, 0.2) is 0 Å². The van der Waals surface area contributed by atoms with E-state index in [1.54, 1.807) is 25.1 Å². The number of benzene rings is 1. The van der Waals surface area contributed by atoms with Crippen molar-refractivity contribution in [1.82, 2.24) is 14.7 Å². The summed E-state index contributed by atoms with van der Waals surface area (Å²) in [6.45, 7) is 10.3. The van der Waals surface area contributed by atoms with Crippen molar-refractivity contribution >= 4 is 29.3 Å². The molecular formula is C25H39ClN4O4. The maximum Gasteiger partial charge on any atom is 0.410 e. The number of ether oxygens (including phenoxy) is 2. The van der Waals surface area contributed by atoms with Crippen molar-refractivity contribution in [3.8, 4) is 0 Å². The Morgan fingerprint density at radius 2 is 1.88 bits per heavy atom. The van der Waals surface area contributed by atoms with Crippen molar-refractivity contribution in [1.29, 1.82) is 0 Å². The van der Waals surface area contributed by atoms with Gasteiger partial charge in [-0.1, -0.05) is 11.6 Å². The highest BCUT2D eigenvalue weighted by atomic mass is 35.5. The molecule has 2 heterocycles. The van der Waals surface area contributed by atoms with Gasteiger partial charge >= 0.3 is 6.09 Å². The Kier molecular flexibility index (Phi) is 9.07. The van der Waals surface area contributed by atoms with Crippen LogP contribution >= 0.6 is 11.6 Å². The molecule has 190 valence electrons. The van der Waals surface area contributed by atoms with E-state index in [0.29, 0.717) is 35.8 Å². The number of hydrogen-bond donors (Lipinski definition) is 1. The fourth-order valence-electron chi connectivity index (χ4n) is 4.41. The number of carbonyl (C=O) groups excluding carboxylic acids is 2. The van der Waals surface area contributed by atoms with Crippen LogP contribution < -0.4 is 5.32 Å². The van der Waals surface area contributed by atoms with E-state index in [9.17, 15) is 9.59 Å². The summed E-state index contributed by atoms with van der Waals surface area (Å²) < 4.78 is 10.5. The van der Waals surface area contributed by atoms with Gasteiger partial charge in [-0.2, -0.15) is 0 Å². The van der Waals surface area contributed by atoms with Crippen LogP contribution in [0.1, 0.15) is 50.4 Å². The highest BCUT2D eigenvalue weighted by Gasteiger charge is 2.35. The molecule has 2 amide bonds. The van der Waals surface area contributed by atoms with Gasteiger partial charge in [0.25, 0.3) is 5.91 Å². The first-order chi connectivity index (χ1) is 16.1. The zero-order valence-electron chi connectivity index (χ0n) is 21.1. The van der Waals surface area contributed by atoms with Crippen molar-refractivity contribution in [2.75, 3.05) is 58.8 Å². The van der Waals surface area contributed by atoms with E-state index in [4.69, 9.17) is 21.1 Å². The van der Waals surface area contributed by atoms with Crippen LogP contribution in [-0.2, 0) is 9.47 Å². The normalized spacial score (nSPS) is 17.9. The van der Waals surface area contributed by atoms with Crippen molar-refractivity contribution in [2.45, 2.75) is 57.7 Å². The Bertz CT molecular complexity index is 846. The number of halogens is 1. The molecule has 0 unspecified atom stereocenters. The number of amides is 2. The number of likely N-dealkylation sites (tertiary alicyclic amines) is 2. The van der Waals surface area contributed by atoms with Crippen LogP contribution in [0, 0.1) is 0 Å². The van der Waals surface area contributed by atoms with Crippen LogP contribution in [0.3, 0.4) is 0 Å². The Morgan fingerprint density at radius 3 is 2.47 bits per heavy atom. The molecule has 2 aliphatic heterocycles. The largest absolute Gasteiger partial charge is 0.444 e. The lowest BCUT2D eigenvalue weighted by Gasteiger charge is -2.47. The summed E-state index contributed by atoms with van der Waals surface area (Å²) in [7, 11) is 3.43. The molecule has 8 nitrogen and oxygen atoms in total. The second-order valence-electron chi connectivity index (χ2n) is 10.3. The van der Waals surface area contributed by atoms with E-state index in [1.165, 1.54) is 0 Å². The van der Waals surface area contributed by atoms with Crippen molar-refractivity contribution in [2.24, 2.45) is 0 Å². The molecular weight excluding hydrogens is 456 g/mol. The summed E-state index contributed by atoms with van der Waals surface area (Å²) in [4.78, 5) is 30.9. The summed E-state index contributed by atoms with van der Waals surface area (Å²) in [5.41, 5.74) is 0.977. The molecule has 1 aromatic rings. The van der Waals surface area contributed by atoms with E-state index in [-0.39, 0.29) is 12.0 Å². The summed E-state index contributed by atoms with van der Waals surface area (Å²) in [5.74, 6) is -0.0832. The third-order valence-electron chi connectivity index (χ3n) is 6.30. The fourth-order valence-corrected chi connectivity index (χ4v) is 4.67. The quantitative estimate of drug-likeness (QED) is 0.552. The Hall–Kier alpha value is -2.03. The third-order valence-corrected chi connectivity index (χ3v) is 6.61. The molecule has 2 fully saturated rings. The second kappa shape index (κ2) is 11.6. The van der Waals surface area contributed by atoms with Crippen LogP contribution in [0.5, 0.6) is 0 Å². The van der Waals surface area contributed by atoms with E-state index >= 15 is 0 Å². The zero-order valence-corrected chi connectivity index (χ0v) is 21.9. The van der Waals surface area contributed by atoms with Crippen LogP contribution in [0.25, 0.3) is 0 Å². The molecule has 3 rings (SSSR count). The summed E-state index contributed by atoms with van der Waals surface area (Å²) in [5, 5.41) is 3.98. The molecule has 0 saturated carbocycles. The predicted octanol–water partition coefficient (Wildman–Crippen LogP) is 3.94. The van der Waals surface area contributed by atoms with Gasteiger partial charge in [-0.15, -0.1) is 0 Å². The summed E-state index contributed by atoms with van der Waals surface area (Å²) >= 11 is 6.44. The highest BCUT2D eigenvalue weighted by molar-refractivity contribution is 6.34. The monoisotopic (exact) mass is 494 g/mol. The van der Waals surface area contributed by atoms with Gasteiger partial charge in [-0.05, 0) is 58.2 Å². The average molecular weight is 495 g/mol. The van der Waals surface area contributed by atoms with Gasteiger partial charge in [0.05, 0.1) is 16.6 Å². The topological polar surface area (TPSA) is 74.4 Å². The number of methoxy groups -OCH3 is 1. The number of piperidine rings is 1. The number of hydrogen-bond acceptors (Lipinski definition) is 6. The highest BCUT2D eigenvalue weighted by Crippen LogP contribution is 2.27. The first kappa shape index (κ1) is 26.6. The average Bonchev–Trinajstić information content (AvgIpc) is 2.74. The van der Waals surface area contributed by atoms with E-state index < -0.39 is 5.60 Å². The Balaban J connectivity index is 1.42. The molecule has 9 heteroatoms. The minimum absolute atomic E-state index is 0.0832. The number of carbonyl (C=O) groups is 2. The maximum atomic E-state index is 12.7. The first-order valence-corrected chi connectivity index (χ1v) is 12.5. The third kappa shape index (κ3) is 7.23. The number of nitrogens with one attached hydrogen (secondary N) is 1. The fraction of sp³-hybridized carbons (Fsp3) is 0.680. The van der Waals surface area contributed by atoms with Gasteiger partial charge in [-0.25, -0.2) is 4.79 Å².